The fourth-order valence-electron chi connectivity index (χ4n) is 2.89. The van der Waals surface area contributed by atoms with Crippen LogP contribution in [0.2, 0.25) is 5.02 Å². The molecule has 2 aromatic carbocycles. The van der Waals surface area contributed by atoms with Crippen molar-refractivity contribution in [1.29, 1.82) is 0 Å². The highest BCUT2D eigenvalue weighted by molar-refractivity contribution is 6.31. The fourth-order valence-corrected chi connectivity index (χ4v) is 3.16. The van der Waals surface area contributed by atoms with E-state index in [0.717, 1.165) is 6.07 Å². The van der Waals surface area contributed by atoms with Gasteiger partial charge in [-0.2, -0.15) is 13.2 Å². The van der Waals surface area contributed by atoms with Crippen LogP contribution in [-0.2, 0) is 15.7 Å². The van der Waals surface area contributed by atoms with E-state index in [-0.39, 0.29) is 17.3 Å². The molecule has 8 heteroatoms. The van der Waals surface area contributed by atoms with Crippen LogP contribution in [0.5, 0.6) is 0 Å². The third-order valence-electron chi connectivity index (χ3n) is 4.32. The first-order valence-corrected chi connectivity index (χ1v) is 9.77. The molecule has 0 radical (unpaired) electrons. The number of aromatic nitrogens is 1. The van der Waals surface area contributed by atoms with Crippen LogP contribution in [0.25, 0.3) is 0 Å². The Morgan fingerprint density at radius 1 is 1.06 bits per heavy atom. The molecule has 4 nitrogen and oxygen atoms in total. The smallest absolute Gasteiger partial charge is 0.417 e. The maximum atomic E-state index is 13.0. The number of benzene rings is 2. The van der Waals surface area contributed by atoms with Crippen molar-refractivity contribution < 1.29 is 22.7 Å². The molecule has 0 aliphatic rings. The van der Waals surface area contributed by atoms with Crippen LogP contribution in [0.1, 0.15) is 35.3 Å². The maximum Gasteiger partial charge on any atom is 0.417 e. The van der Waals surface area contributed by atoms with Gasteiger partial charge >= 0.3 is 12.1 Å². The van der Waals surface area contributed by atoms with Crippen molar-refractivity contribution in [2.24, 2.45) is 4.99 Å². The number of hydrogen-bond acceptors (Lipinski definition) is 4. The summed E-state index contributed by atoms with van der Waals surface area (Å²) in [5, 5.41) is -0.322. The molecule has 31 heavy (non-hydrogen) atoms. The number of rotatable bonds is 6. The van der Waals surface area contributed by atoms with E-state index in [2.05, 4.69) is 9.98 Å². The van der Waals surface area contributed by atoms with Crippen LogP contribution in [-0.4, -0.2) is 23.3 Å². The summed E-state index contributed by atoms with van der Waals surface area (Å²) in [6.07, 6.45) is -3.98. The van der Waals surface area contributed by atoms with Crippen molar-refractivity contribution in [3.05, 3.63) is 100 Å². The average Bonchev–Trinajstić information content (AvgIpc) is 2.75. The SMILES string of the molecule is CCOC(=O)C(N=C(c1ccccc1)c1ccccc1)c1ncc(C(F)(F)F)cc1Cl. The monoisotopic (exact) mass is 446 g/mol. The summed E-state index contributed by atoms with van der Waals surface area (Å²) in [6, 6.07) is 17.6. The fraction of sp³-hybridized carbons (Fsp3) is 0.174. The number of alkyl halides is 3. The van der Waals surface area contributed by atoms with Crippen LogP contribution in [0.15, 0.2) is 77.9 Å². The Hall–Kier alpha value is -3.19. The van der Waals surface area contributed by atoms with Crippen LogP contribution < -0.4 is 0 Å². The third kappa shape index (κ3) is 5.49. The Balaban J connectivity index is 2.17. The molecule has 0 saturated heterocycles. The van der Waals surface area contributed by atoms with E-state index in [1.54, 1.807) is 6.92 Å². The standard InChI is InChI=1S/C23H18ClF3N2O2/c1-2-31-22(30)21(20-18(24)13-17(14-28-20)23(25,26)27)29-19(15-9-5-3-6-10-15)16-11-7-4-8-12-16/h3-14,21H,2H2,1H3. The van der Waals surface area contributed by atoms with Gasteiger partial charge < -0.3 is 4.74 Å². The molecule has 1 atom stereocenters. The van der Waals surface area contributed by atoms with Crippen molar-refractivity contribution in [1.82, 2.24) is 4.98 Å². The van der Waals surface area contributed by atoms with E-state index >= 15 is 0 Å². The lowest BCUT2D eigenvalue weighted by atomic mass is 10.0. The zero-order valence-electron chi connectivity index (χ0n) is 16.4. The molecule has 0 saturated carbocycles. The Labute approximate surface area is 182 Å². The molecule has 1 aromatic heterocycles. The second kappa shape index (κ2) is 9.75. The number of pyridine rings is 1. The normalized spacial score (nSPS) is 12.2. The van der Waals surface area contributed by atoms with Gasteiger partial charge in [-0.3, -0.25) is 9.98 Å². The summed E-state index contributed by atoms with van der Waals surface area (Å²) in [7, 11) is 0. The highest BCUT2D eigenvalue weighted by Crippen LogP contribution is 2.34. The molecule has 0 spiro atoms. The van der Waals surface area contributed by atoms with Gasteiger partial charge in [0.25, 0.3) is 0 Å². The molecule has 1 unspecified atom stereocenters. The molecule has 0 amide bonds. The van der Waals surface area contributed by atoms with E-state index in [1.165, 1.54) is 0 Å². The summed E-state index contributed by atoms with van der Waals surface area (Å²) in [6.45, 7) is 1.69. The van der Waals surface area contributed by atoms with Crippen molar-refractivity contribution >= 4 is 23.3 Å². The van der Waals surface area contributed by atoms with Gasteiger partial charge in [0.05, 0.1) is 28.6 Å². The first-order valence-electron chi connectivity index (χ1n) is 9.39. The molecule has 0 N–H and O–H groups in total. The van der Waals surface area contributed by atoms with Crippen LogP contribution >= 0.6 is 11.6 Å². The quantitative estimate of drug-likeness (QED) is 0.350. The highest BCUT2D eigenvalue weighted by atomic mass is 35.5. The largest absolute Gasteiger partial charge is 0.464 e. The zero-order chi connectivity index (χ0) is 22.4. The lowest BCUT2D eigenvalue weighted by Gasteiger charge is -2.17. The number of hydrogen-bond donors (Lipinski definition) is 0. The van der Waals surface area contributed by atoms with Gasteiger partial charge in [-0.15, -0.1) is 0 Å². The number of aliphatic imine (C=N–C) groups is 1. The lowest BCUT2D eigenvalue weighted by Crippen LogP contribution is -2.19. The van der Waals surface area contributed by atoms with Gasteiger partial charge in [-0.1, -0.05) is 72.3 Å². The summed E-state index contributed by atoms with van der Waals surface area (Å²) < 4.78 is 44.2. The Morgan fingerprint density at radius 2 is 1.61 bits per heavy atom. The van der Waals surface area contributed by atoms with E-state index in [0.29, 0.717) is 23.0 Å². The summed E-state index contributed by atoms with van der Waals surface area (Å²) in [5.41, 5.74) is 0.755. The number of nitrogens with zero attached hydrogens (tertiary/aromatic N) is 2. The molecule has 160 valence electrons. The molecule has 0 aliphatic carbocycles. The van der Waals surface area contributed by atoms with E-state index < -0.39 is 23.8 Å². The van der Waals surface area contributed by atoms with Crippen molar-refractivity contribution in [3.8, 4) is 0 Å². The summed E-state index contributed by atoms with van der Waals surface area (Å²) >= 11 is 6.11. The molecule has 0 aliphatic heterocycles. The molecule has 1 heterocycles. The molecule has 0 bridgehead atoms. The van der Waals surface area contributed by atoms with Crippen molar-refractivity contribution in [3.63, 3.8) is 0 Å². The molecule has 3 aromatic rings. The van der Waals surface area contributed by atoms with Gasteiger partial charge in [0, 0.05) is 17.3 Å². The van der Waals surface area contributed by atoms with Gasteiger partial charge in [0.15, 0.2) is 6.04 Å². The lowest BCUT2D eigenvalue weighted by molar-refractivity contribution is -0.144. The summed E-state index contributed by atoms with van der Waals surface area (Å²) in [4.78, 5) is 21.1. The third-order valence-corrected chi connectivity index (χ3v) is 4.62. The molecular formula is C23H18ClF3N2O2. The minimum absolute atomic E-state index is 0.0646. The number of halogens is 4. The summed E-state index contributed by atoms with van der Waals surface area (Å²) in [5.74, 6) is -0.763. The topological polar surface area (TPSA) is 51.5 Å². The van der Waals surface area contributed by atoms with Crippen molar-refractivity contribution in [2.75, 3.05) is 6.61 Å². The van der Waals surface area contributed by atoms with E-state index in [1.807, 2.05) is 60.7 Å². The predicted molar refractivity (Wildman–Crippen MR) is 112 cm³/mol. The van der Waals surface area contributed by atoms with Crippen LogP contribution in [0, 0.1) is 0 Å². The minimum Gasteiger partial charge on any atom is -0.464 e. The number of ether oxygens (including phenoxy) is 1. The second-order valence-electron chi connectivity index (χ2n) is 6.45. The first kappa shape index (κ1) is 22.5. The van der Waals surface area contributed by atoms with Gasteiger partial charge in [-0.25, -0.2) is 4.79 Å². The van der Waals surface area contributed by atoms with Gasteiger partial charge in [0.1, 0.15) is 0 Å². The number of carbonyl (C=O) groups is 1. The highest BCUT2D eigenvalue weighted by Gasteiger charge is 2.34. The van der Waals surface area contributed by atoms with Crippen LogP contribution in [0.3, 0.4) is 0 Å². The van der Waals surface area contributed by atoms with Crippen LogP contribution in [0.4, 0.5) is 13.2 Å². The Bertz CT molecular complexity index is 1030. The minimum atomic E-state index is -4.61. The molecular weight excluding hydrogens is 429 g/mol. The predicted octanol–water partition coefficient (Wildman–Crippen LogP) is 5.90. The van der Waals surface area contributed by atoms with E-state index in [4.69, 9.17) is 16.3 Å². The van der Waals surface area contributed by atoms with Crippen molar-refractivity contribution in [2.45, 2.75) is 19.1 Å². The molecule has 0 fully saturated rings. The zero-order valence-corrected chi connectivity index (χ0v) is 17.2. The Morgan fingerprint density at radius 3 is 2.06 bits per heavy atom. The second-order valence-corrected chi connectivity index (χ2v) is 6.86. The first-order chi connectivity index (χ1) is 14.8. The molecule has 3 rings (SSSR count). The maximum absolute atomic E-state index is 13.0. The van der Waals surface area contributed by atoms with Gasteiger partial charge in [-0.05, 0) is 13.0 Å². The number of esters is 1. The average molecular weight is 447 g/mol. The van der Waals surface area contributed by atoms with Gasteiger partial charge in [0.2, 0.25) is 0 Å². The number of carbonyl (C=O) groups excluding carboxylic acids is 1. The Kier molecular flexibility index (Phi) is 7.07. The van der Waals surface area contributed by atoms with E-state index in [9.17, 15) is 18.0 Å².